The molecule has 2 N–H and O–H groups in total. The van der Waals surface area contributed by atoms with Crippen molar-refractivity contribution in [3.8, 4) is 11.6 Å². The molecule has 0 radical (unpaired) electrons. The van der Waals surface area contributed by atoms with Crippen LogP contribution in [0.15, 0.2) is 36.5 Å². The van der Waals surface area contributed by atoms with Gasteiger partial charge in [0, 0.05) is 25.2 Å². The van der Waals surface area contributed by atoms with E-state index in [4.69, 9.17) is 4.74 Å². The fourth-order valence-corrected chi connectivity index (χ4v) is 3.36. The third-order valence-electron chi connectivity index (χ3n) is 5.30. The van der Waals surface area contributed by atoms with E-state index in [0.717, 1.165) is 36.4 Å². The smallest absolute Gasteiger partial charge is 0.220 e. The van der Waals surface area contributed by atoms with E-state index in [-0.39, 0.29) is 30.7 Å². The maximum Gasteiger partial charge on any atom is 0.220 e. The van der Waals surface area contributed by atoms with Crippen LogP contribution >= 0.6 is 24.8 Å². The SMILES string of the molecule is Cc1cccc(Oc2cc(CNC(=O)CCC3CCNCC3)ccn2)c1C.Cl.Cl. The van der Waals surface area contributed by atoms with Crippen molar-refractivity contribution in [3.63, 3.8) is 0 Å². The van der Waals surface area contributed by atoms with Crippen LogP contribution in [0.4, 0.5) is 0 Å². The van der Waals surface area contributed by atoms with Crippen LogP contribution in [-0.4, -0.2) is 24.0 Å². The first-order chi connectivity index (χ1) is 13.1. The number of nitrogens with zero attached hydrogens (tertiary/aromatic N) is 1. The fraction of sp³-hybridized carbons (Fsp3) is 0.455. The molecule has 1 fully saturated rings. The average molecular weight is 440 g/mol. The second-order valence-corrected chi connectivity index (χ2v) is 7.31. The van der Waals surface area contributed by atoms with Crippen molar-refractivity contribution in [2.45, 2.75) is 46.1 Å². The first kappa shape index (κ1) is 25.2. The molecule has 1 aliphatic heterocycles. The van der Waals surface area contributed by atoms with Crippen molar-refractivity contribution in [1.29, 1.82) is 0 Å². The van der Waals surface area contributed by atoms with Gasteiger partial charge in [-0.3, -0.25) is 4.79 Å². The molecule has 3 rings (SSSR count). The van der Waals surface area contributed by atoms with Gasteiger partial charge in [0.15, 0.2) is 0 Å². The van der Waals surface area contributed by atoms with Crippen molar-refractivity contribution in [2.24, 2.45) is 5.92 Å². The lowest BCUT2D eigenvalue weighted by atomic mass is 9.93. The number of aryl methyl sites for hydroxylation is 1. The molecule has 0 atom stereocenters. The molecule has 0 aliphatic carbocycles. The van der Waals surface area contributed by atoms with E-state index in [1.165, 1.54) is 18.4 Å². The number of halogens is 2. The summed E-state index contributed by atoms with van der Waals surface area (Å²) in [6.45, 7) is 6.75. The van der Waals surface area contributed by atoms with Gasteiger partial charge in [0.05, 0.1) is 0 Å². The standard InChI is InChI=1S/C22H29N3O2.2ClH/c1-16-4-3-5-20(17(16)2)27-22-14-19(10-13-24-22)15-25-21(26)7-6-18-8-11-23-12-9-18;;/h3-5,10,13-14,18,23H,6-9,11-12,15H2,1-2H3,(H,25,26);2*1H. The minimum absolute atomic E-state index is 0. The zero-order valence-electron chi connectivity index (χ0n) is 17.1. The van der Waals surface area contributed by atoms with E-state index >= 15 is 0 Å². The minimum atomic E-state index is 0. The number of aromatic nitrogens is 1. The highest BCUT2D eigenvalue weighted by Gasteiger charge is 2.14. The highest BCUT2D eigenvalue weighted by atomic mass is 35.5. The fourth-order valence-electron chi connectivity index (χ4n) is 3.36. The Bertz CT molecular complexity index is 780. The topological polar surface area (TPSA) is 63.2 Å². The van der Waals surface area contributed by atoms with Gasteiger partial charge in [-0.25, -0.2) is 4.98 Å². The summed E-state index contributed by atoms with van der Waals surface area (Å²) in [5.41, 5.74) is 3.28. The maximum atomic E-state index is 12.1. The number of carbonyl (C=O) groups excluding carboxylic acids is 1. The summed E-state index contributed by atoms with van der Waals surface area (Å²) in [6.07, 6.45) is 5.65. The molecule has 2 heterocycles. The molecule has 5 nitrogen and oxygen atoms in total. The summed E-state index contributed by atoms with van der Waals surface area (Å²) in [4.78, 5) is 16.4. The Morgan fingerprint density at radius 1 is 1.21 bits per heavy atom. The Morgan fingerprint density at radius 2 is 1.97 bits per heavy atom. The lowest BCUT2D eigenvalue weighted by molar-refractivity contribution is -0.121. The van der Waals surface area contributed by atoms with Crippen molar-refractivity contribution in [1.82, 2.24) is 15.6 Å². The molecule has 0 spiro atoms. The molecule has 1 amide bonds. The highest BCUT2D eigenvalue weighted by molar-refractivity contribution is 5.85. The van der Waals surface area contributed by atoms with Crippen LogP contribution in [0, 0.1) is 19.8 Å². The number of pyridine rings is 1. The van der Waals surface area contributed by atoms with E-state index in [2.05, 4.69) is 28.6 Å². The highest BCUT2D eigenvalue weighted by Crippen LogP contribution is 2.26. The Balaban J connectivity index is 0.00000210. The predicted molar refractivity (Wildman–Crippen MR) is 121 cm³/mol. The van der Waals surface area contributed by atoms with Crippen LogP contribution in [0.2, 0.25) is 0 Å². The molecule has 1 aromatic heterocycles. The number of benzene rings is 1. The van der Waals surface area contributed by atoms with Crippen LogP contribution in [0.1, 0.15) is 42.4 Å². The zero-order chi connectivity index (χ0) is 19.1. The van der Waals surface area contributed by atoms with E-state index in [1.54, 1.807) is 6.20 Å². The number of amides is 1. The van der Waals surface area contributed by atoms with Gasteiger partial charge in [0.1, 0.15) is 5.75 Å². The molecule has 160 valence electrons. The van der Waals surface area contributed by atoms with Crippen molar-refractivity contribution in [3.05, 3.63) is 53.2 Å². The molecule has 2 aromatic rings. The summed E-state index contributed by atoms with van der Waals surface area (Å²) in [5.74, 6) is 2.15. The van der Waals surface area contributed by atoms with E-state index in [9.17, 15) is 4.79 Å². The van der Waals surface area contributed by atoms with Gasteiger partial charge in [0.2, 0.25) is 11.8 Å². The Labute approximate surface area is 185 Å². The number of ether oxygens (including phenoxy) is 1. The summed E-state index contributed by atoms with van der Waals surface area (Å²) < 4.78 is 5.93. The second-order valence-electron chi connectivity index (χ2n) is 7.31. The van der Waals surface area contributed by atoms with Crippen molar-refractivity contribution in [2.75, 3.05) is 13.1 Å². The molecule has 0 saturated carbocycles. The Hall–Kier alpha value is -1.82. The summed E-state index contributed by atoms with van der Waals surface area (Å²) in [7, 11) is 0. The third kappa shape index (κ3) is 7.84. The van der Waals surface area contributed by atoms with E-state index < -0.39 is 0 Å². The van der Waals surface area contributed by atoms with Gasteiger partial charge in [-0.05, 0) is 80.9 Å². The van der Waals surface area contributed by atoms with Gasteiger partial charge < -0.3 is 15.4 Å². The summed E-state index contributed by atoms with van der Waals surface area (Å²) in [6, 6.07) is 9.77. The summed E-state index contributed by atoms with van der Waals surface area (Å²) >= 11 is 0. The number of hydrogen-bond donors (Lipinski definition) is 2. The van der Waals surface area contributed by atoms with Crippen LogP contribution in [0.25, 0.3) is 0 Å². The lowest BCUT2D eigenvalue weighted by Gasteiger charge is -2.22. The lowest BCUT2D eigenvalue weighted by Crippen LogP contribution is -2.29. The van der Waals surface area contributed by atoms with Gasteiger partial charge in [-0.2, -0.15) is 0 Å². The quantitative estimate of drug-likeness (QED) is 0.654. The first-order valence-corrected chi connectivity index (χ1v) is 9.78. The van der Waals surface area contributed by atoms with E-state index in [1.807, 2.05) is 31.2 Å². The Kier molecular flexibility index (Phi) is 11.0. The van der Waals surface area contributed by atoms with Crippen molar-refractivity contribution >= 4 is 30.7 Å². The second kappa shape index (κ2) is 12.7. The number of nitrogens with one attached hydrogen (secondary N) is 2. The van der Waals surface area contributed by atoms with Crippen LogP contribution < -0.4 is 15.4 Å². The largest absolute Gasteiger partial charge is 0.439 e. The van der Waals surface area contributed by atoms with Crippen molar-refractivity contribution < 1.29 is 9.53 Å². The summed E-state index contributed by atoms with van der Waals surface area (Å²) in [5, 5.41) is 6.37. The molecule has 7 heteroatoms. The molecule has 0 unspecified atom stereocenters. The minimum Gasteiger partial charge on any atom is -0.439 e. The predicted octanol–water partition coefficient (Wildman–Crippen LogP) is 4.73. The first-order valence-electron chi connectivity index (χ1n) is 9.78. The number of carbonyl (C=O) groups is 1. The van der Waals surface area contributed by atoms with Crippen LogP contribution in [-0.2, 0) is 11.3 Å². The van der Waals surface area contributed by atoms with Gasteiger partial charge in [-0.15, -0.1) is 24.8 Å². The van der Waals surface area contributed by atoms with Gasteiger partial charge in [0.25, 0.3) is 0 Å². The molecule has 1 aromatic carbocycles. The molecule has 29 heavy (non-hydrogen) atoms. The van der Waals surface area contributed by atoms with E-state index in [0.29, 0.717) is 24.8 Å². The maximum absolute atomic E-state index is 12.1. The molecular weight excluding hydrogens is 409 g/mol. The van der Waals surface area contributed by atoms with Gasteiger partial charge in [-0.1, -0.05) is 12.1 Å². The zero-order valence-corrected chi connectivity index (χ0v) is 18.7. The molecular formula is C22H31Cl2N3O2. The monoisotopic (exact) mass is 439 g/mol. The third-order valence-corrected chi connectivity index (χ3v) is 5.30. The van der Waals surface area contributed by atoms with Crippen LogP contribution in [0.3, 0.4) is 0 Å². The normalized spacial score (nSPS) is 13.7. The number of piperidine rings is 1. The number of hydrogen-bond acceptors (Lipinski definition) is 4. The molecule has 0 bridgehead atoms. The van der Waals surface area contributed by atoms with Crippen LogP contribution in [0.5, 0.6) is 11.6 Å². The molecule has 1 saturated heterocycles. The molecule has 1 aliphatic rings. The average Bonchev–Trinajstić information content (AvgIpc) is 2.69. The number of rotatable bonds is 7. The van der Waals surface area contributed by atoms with Gasteiger partial charge >= 0.3 is 0 Å². The Morgan fingerprint density at radius 3 is 2.72 bits per heavy atom.